The number of rotatable bonds is 63. The molecule has 0 radical (unpaired) electrons. The fourth-order valence-electron chi connectivity index (χ4n) is 12.4. The van der Waals surface area contributed by atoms with Gasteiger partial charge in [-0.2, -0.15) is 0 Å². The first-order chi connectivity index (χ1) is 56.9. The molecule has 2 aromatic heterocycles. The molecule has 3 aromatic rings. The third kappa shape index (κ3) is 36.8. The molecule has 0 spiro atoms. The number of hydrogen-bond donors (Lipinski definition) is 28. The van der Waals surface area contributed by atoms with Crippen LogP contribution < -0.4 is 32.1 Å². The second kappa shape index (κ2) is 53.7. The predicted octanol–water partition coefficient (Wildman–Crippen LogP) is -9.08. The Morgan fingerprint density at radius 3 is 1.31 bits per heavy atom. The lowest BCUT2D eigenvalue weighted by atomic mass is 9.82. The summed E-state index contributed by atoms with van der Waals surface area (Å²) in [5, 5.41) is 237. The number of aromatic nitrogens is 4. The Labute approximate surface area is 696 Å². The molecular weight excluding hydrogens is 1660 g/mol. The molecule has 5 amide bonds. The third-order valence-corrected chi connectivity index (χ3v) is 21.7. The van der Waals surface area contributed by atoms with E-state index in [1.165, 1.54) is 18.3 Å². The van der Waals surface area contributed by atoms with Crippen molar-refractivity contribution in [2.45, 2.75) is 226 Å². The number of Topliss-reactive ketones (excluding diaryl/α,β-unsaturated/α-hetero) is 4. The number of carboxylic acid groups (broad SMARTS) is 5. The molecule has 0 saturated heterocycles. The molecule has 0 aliphatic carbocycles. The zero-order valence-corrected chi connectivity index (χ0v) is 66.9. The second-order valence-electron chi connectivity index (χ2n) is 28.8. The maximum Gasteiger partial charge on any atom is 0.326 e. The smallest absolute Gasteiger partial charge is 0.326 e. The van der Waals surface area contributed by atoms with Crippen LogP contribution in [-0.2, 0) is 75.2 Å². The largest absolute Gasteiger partial charge is 0.481 e. The van der Waals surface area contributed by atoms with E-state index >= 15 is 0 Å². The number of benzene rings is 1. The number of nitrogens with one attached hydrogen (secondary N) is 6. The molecule has 48 heteroatoms. The van der Waals surface area contributed by atoms with Crippen LogP contribution in [0.25, 0.3) is 11.2 Å². The summed E-state index contributed by atoms with van der Waals surface area (Å²) in [6.45, 7) is -3.77. The van der Waals surface area contributed by atoms with Crippen molar-refractivity contribution in [3.63, 3.8) is 0 Å². The standard InChI is InChI=1S/C73H107N9O37S2/c1-32-75-68-59(71(115)76-32)77-39(26-74-68)8-4-33-2-5-34(6-3-33)69(113)81-44(73(118)119)9-12-53(96)80-45(62(107)66(111)51(94)29-86)24-54(97)78-42(10-14-57(101)102)47(90)22-36(60(105)64(109)49(92)27-84)19-40(88)18-35(7-13-56(99)100)70(114)82-46(63(108)67(112)52(95)30-87)25-55(98)79-43(11-15-58(103)104)48(91)23-37(61(106)65(110)50(93)28-85)20-41(89)21-38(72(116)117)31-121-120-17-16-83/h2-3,5-6,26,35-38,42-46,49-52,60-67,83-87,92-95,105-112H,4,7-25,27-31H2,1H3,(H,78,97)(H,79,98)(H,80,96)(H,81,113)(H,82,114)(H,99,100)(H,101,102)(H,103,104)(H,116,117)(H,118,119)(H,74,75,76,115)/t35-,36+,37+,38+,42+,43+,44+,45-,46-,49-,50-,51-,52-,60-,61-,62-,63-,64-,65-,66-,67-/m1/s1. The first kappa shape index (κ1) is 106. The van der Waals surface area contributed by atoms with Crippen molar-refractivity contribution in [3.05, 3.63) is 63.5 Å². The number of ketones is 4. The van der Waals surface area contributed by atoms with Gasteiger partial charge in [0.1, 0.15) is 84.5 Å². The molecule has 21 atom stereocenters. The van der Waals surface area contributed by atoms with Crippen molar-refractivity contribution in [1.82, 2.24) is 46.5 Å². The van der Waals surface area contributed by atoms with Gasteiger partial charge in [0.2, 0.25) is 23.6 Å². The minimum atomic E-state index is -2.59. The van der Waals surface area contributed by atoms with Gasteiger partial charge in [-0.05, 0) is 63.1 Å². The van der Waals surface area contributed by atoms with Crippen LogP contribution in [0, 0.1) is 30.6 Å². The van der Waals surface area contributed by atoms with Gasteiger partial charge in [0.25, 0.3) is 11.5 Å². The molecule has 1 aromatic carbocycles. The molecule has 678 valence electrons. The summed E-state index contributed by atoms with van der Waals surface area (Å²) in [5.41, 5.74) is 0.765. The maximum absolute atomic E-state index is 14.4. The zero-order chi connectivity index (χ0) is 91.2. The highest BCUT2D eigenvalue weighted by atomic mass is 33.1. The quantitative estimate of drug-likeness (QED) is 0.0184. The van der Waals surface area contributed by atoms with E-state index in [1.54, 1.807) is 19.1 Å². The van der Waals surface area contributed by atoms with Crippen LogP contribution in [0.4, 0.5) is 0 Å². The summed E-state index contributed by atoms with van der Waals surface area (Å²) in [6, 6.07) is -4.42. The number of fused-ring (bicyclic) bond motifs is 1. The normalized spacial score (nSPS) is 16.9. The predicted molar refractivity (Wildman–Crippen MR) is 414 cm³/mol. The average molecular weight is 1770 g/mol. The van der Waals surface area contributed by atoms with Gasteiger partial charge in [-0.1, -0.05) is 33.7 Å². The molecule has 3 rings (SSSR count). The van der Waals surface area contributed by atoms with Crippen LogP contribution in [0.15, 0.2) is 35.3 Å². The van der Waals surface area contributed by atoms with E-state index in [1.807, 2.05) is 0 Å². The summed E-state index contributed by atoms with van der Waals surface area (Å²) < 4.78 is 0. The Bertz CT molecular complexity index is 4000. The van der Waals surface area contributed by atoms with E-state index in [4.69, 9.17) is 5.11 Å². The summed E-state index contributed by atoms with van der Waals surface area (Å²) in [7, 11) is 2.04. The van der Waals surface area contributed by atoms with E-state index in [9.17, 15) is 179 Å². The minimum absolute atomic E-state index is 0.0247. The Hall–Kier alpha value is -9.16. The lowest BCUT2D eigenvalue weighted by Crippen LogP contribution is -2.56. The third-order valence-electron chi connectivity index (χ3n) is 19.3. The van der Waals surface area contributed by atoms with Gasteiger partial charge in [-0.3, -0.25) is 67.1 Å². The molecule has 0 aliphatic heterocycles. The zero-order valence-electron chi connectivity index (χ0n) is 65.3. The van der Waals surface area contributed by atoms with Crippen LogP contribution in [0.5, 0.6) is 0 Å². The van der Waals surface area contributed by atoms with Crippen molar-refractivity contribution in [1.29, 1.82) is 0 Å². The number of aliphatic carboxylic acids is 5. The molecule has 0 aliphatic rings. The van der Waals surface area contributed by atoms with Crippen molar-refractivity contribution in [3.8, 4) is 0 Å². The summed E-state index contributed by atoms with van der Waals surface area (Å²) in [5.74, 6) is -26.2. The van der Waals surface area contributed by atoms with Crippen LogP contribution in [0.1, 0.15) is 130 Å². The van der Waals surface area contributed by atoms with Crippen LogP contribution in [0.2, 0.25) is 0 Å². The van der Waals surface area contributed by atoms with Crippen LogP contribution >= 0.6 is 21.6 Å². The van der Waals surface area contributed by atoms with Crippen molar-refractivity contribution >= 4 is 115 Å². The monoisotopic (exact) mass is 1770 g/mol. The summed E-state index contributed by atoms with van der Waals surface area (Å²) >= 11 is 0. The van der Waals surface area contributed by atoms with Crippen LogP contribution in [0.3, 0.4) is 0 Å². The first-order valence-electron chi connectivity index (χ1n) is 37.9. The molecule has 0 saturated carbocycles. The Balaban J connectivity index is 1.95. The van der Waals surface area contributed by atoms with E-state index in [0.29, 0.717) is 29.9 Å². The number of H-pyrrole nitrogens is 1. The molecular formula is C73H107N9O37S2. The fourth-order valence-corrected chi connectivity index (χ4v) is 14.5. The van der Waals surface area contributed by atoms with Crippen LogP contribution in [-0.4, -0.2) is 363 Å². The number of nitrogens with zero attached hydrogens (tertiary/aromatic N) is 3. The minimum Gasteiger partial charge on any atom is -0.481 e. The van der Waals surface area contributed by atoms with Gasteiger partial charge in [0, 0.05) is 112 Å². The molecule has 46 nitrogen and oxygen atoms in total. The van der Waals surface area contributed by atoms with Gasteiger partial charge in [0.15, 0.2) is 22.7 Å². The van der Waals surface area contributed by atoms with Crippen molar-refractivity contribution < 1.29 is 179 Å². The lowest BCUT2D eigenvalue weighted by Gasteiger charge is -2.32. The molecule has 0 bridgehead atoms. The highest BCUT2D eigenvalue weighted by Gasteiger charge is 2.42. The number of carbonyl (C=O) groups excluding carboxylic acids is 9. The number of aromatic amines is 1. The van der Waals surface area contributed by atoms with Gasteiger partial charge >= 0.3 is 29.8 Å². The lowest BCUT2D eigenvalue weighted by molar-refractivity contribution is -0.144. The Morgan fingerprint density at radius 2 is 0.876 bits per heavy atom. The summed E-state index contributed by atoms with van der Waals surface area (Å²) in [4.78, 5) is 214. The van der Waals surface area contributed by atoms with Gasteiger partial charge in [0.05, 0.1) is 87.2 Å². The number of aliphatic hydroxyl groups excluding tert-OH is 17. The maximum atomic E-state index is 14.4. The van der Waals surface area contributed by atoms with Crippen molar-refractivity contribution in [2.75, 3.05) is 44.5 Å². The topological polar surface area (TPSA) is 816 Å². The number of aryl methyl sites for hydroxylation is 3. The first-order valence-corrected chi connectivity index (χ1v) is 40.4. The molecule has 121 heavy (non-hydrogen) atoms. The SMILES string of the molecule is Cc1nc2ncc(CCc3ccc(C(=O)N[C@@H](CCC(=O)N[C@H](CC(=O)N[C@@H](CCC(=O)O)C(=O)C[C@H](CC(=O)C[C@@H](CCC(=O)O)C(=O)N[C@H](CC(=O)N[C@@H](CCC(=O)O)C(=O)C[C@H](CC(=O)C[C@@H](CSSCCO)C(=O)O)[C@@H](O)[C@H](O)[C@H](O)CO)[C@@H](O)[C@H](O)[C@H](O)CO)[C@@H](O)[C@H](O)[C@H](O)CO)[C@@H](O)[C@H](O)[C@H](O)CO)C(=O)O)cc3)nc2c(=O)[nH]1. The Morgan fingerprint density at radius 1 is 0.438 bits per heavy atom. The molecule has 2 heterocycles. The number of carboxylic acids is 5. The number of hydrogen-bond acceptors (Lipinski definition) is 37. The number of aliphatic hydroxyl groups is 17. The summed E-state index contributed by atoms with van der Waals surface area (Å²) in [6.07, 6.45) is -42.4. The second-order valence-corrected chi connectivity index (χ2v) is 31.4. The molecule has 0 fully saturated rings. The number of amides is 5. The Kier molecular flexibility index (Phi) is 47.0. The number of carbonyl (C=O) groups is 14. The van der Waals surface area contributed by atoms with E-state index in [0.717, 1.165) is 21.6 Å². The van der Waals surface area contributed by atoms with Gasteiger partial charge < -0.3 is 144 Å². The van der Waals surface area contributed by atoms with Gasteiger partial charge in [-0.15, -0.1) is 0 Å². The highest BCUT2D eigenvalue weighted by molar-refractivity contribution is 8.76. The molecule has 0 unspecified atom stereocenters. The van der Waals surface area contributed by atoms with E-state index < -0.39 is 344 Å². The van der Waals surface area contributed by atoms with Crippen molar-refractivity contribution in [2.24, 2.45) is 23.7 Å². The average Bonchev–Trinajstić information content (AvgIpc) is 0.811. The van der Waals surface area contributed by atoms with Gasteiger partial charge in [-0.25, -0.2) is 19.7 Å². The van der Waals surface area contributed by atoms with E-state index in [2.05, 4.69) is 46.5 Å². The van der Waals surface area contributed by atoms with E-state index in [-0.39, 0.29) is 34.8 Å². The molecule has 28 N–H and O–H groups in total. The fraction of sp³-hybridized carbons (Fsp3) is 0.644. The highest BCUT2D eigenvalue weighted by Crippen LogP contribution is 2.30.